The summed E-state index contributed by atoms with van der Waals surface area (Å²) in [7, 11) is 1.52. The van der Waals surface area contributed by atoms with Crippen LogP contribution in [0.15, 0.2) is 23.1 Å². The van der Waals surface area contributed by atoms with Crippen LogP contribution in [0.25, 0.3) is 11.2 Å². The van der Waals surface area contributed by atoms with Crippen LogP contribution in [-0.2, 0) is 0 Å². The quantitative estimate of drug-likeness (QED) is 0.681. The van der Waals surface area contributed by atoms with Gasteiger partial charge in [0.15, 0.2) is 5.65 Å². The number of H-pyrrole nitrogens is 1. The zero-order chi connectivity index (χ0) is 9.26. The second-order valence-corrected chi connectivity index (χ2v) is 2.47. The summed E-state index contributed by atoms with van der Waals surface area (Å²) in [6.07, 6.45) is 1.22. The Labute approximate surface area is 73.4 Å². The Kier molecular flexibility index (Phi) is 1.70. The van der Waals surface area contributed by atoms with E-state index in [2.05, 4.69) is 15.0 Å². The van der Waals surface area contributed by atoms with Gasteiger partial charge in [0.2, 0.25) is 5.88 Å². The molecule has 0 fully saturated rings. The summed E-state index contributed by atoms with van der Waals surface area (Å²) < 4.78 is 4.90. The van der Waals surface area contributed by atoms with E-state index in [1.165, 1.54) is 13.3 Å². The lowest BCUT2D eigenvalue weighted by Gasteiger charge is -1.98. The molecule has 0 spiro atoms. The molecule has 0 radical (unpaired) electrons. The molecule has 2 aromatic heterocycles. The first kappa shape index (κ1) is 7.72. The first-order valence-electron chi connectivity index (χ1n) is 3.69. The van der Waals surface area contributed by atoms with Crippen LogP contribution in [0.1, 0.15) is 0 Å². The van der Waals surface area contributed by atoms with E-state index >= 15 is 0 Å². The van der Waals surface area contributed by atoms with Crippen molar-refractivity contribution in [2.24, 2.45) is 0 Å². The molecule has 2 heterocycles. The molecule has 0 aromatic carbocycles. The molecule has 0 aliphatic carbocycles. The molecule has 1 N–H and O–H groups in total. The lowest BCUT2D eigenvalue weighted by atomic mass is 10.4. The van der Waals surface area contributed by atoms with E-state index in [-0.39, 0.29) is 5.56 Å². The molecule has 5 heteroatoms. The number of nitrogens with zero attached hydrogens (tertiary/aromatic N) is 2. The van der Waals surface area contributed by atoms with E-state index in [1.807, 2.05) is 0 Å². The predicted molar refractivity (Wildman–Crippen MR) is 46.7 cm³/mol. The molecule has 0 aliphatic rings. The Morgan fingerprint density at radius 1 is 1.46 bits per heavy atom. The summed E-state index contributed by atoms with van der Waals surface area (Å²) in [5, 5.41) is 0. The summed E-state index contributed by atoms with van der Waals surface area (Å²) in [4.78, 5) is 21.3. The van der Waals surface area contributed by atoms with Gasteiger partial charge in [-0.1, -0.05) is 0 Å². The highest BCUT2D eigenvalue weighted by atomic mass is 16.5. The van der Waals surface area contributed by atoms with E-state index in [0.29, 0.717) is 17.0 Å². The van der Waals surface area contributed by atoms with Gasteiger partial charge >= 0.3 is 0 Å². The Morgan fingerprint density at radius 3 is 3.08 bits per heavy atom. The van der Waals surface area contributed by atoms with Crippen LogP contribution in [-0.4, -0.2) is 22.1 Å². The SMILES string of the molecule is COc1ccc2ncc(=O)[nH]c2n1. The van der Waals surface area contributed by atoms with Gasteiger partial charge in [0.25, 0.3) is 5.56 Å². The van der Waals surface area contributed by atoms with Gasteiger partial charge in [0.05, 0.1) is 13.3 Å². The number of nitrogens with one attached hydrogen (secondary N) is 1. The maximum Gasteiger partial charge on any atom is 0.268 e. The van der Waals surface area contributed by atoms with Crippen LogP contribution >= 0.6 is 0 Å². The number of hydrogen-bond donors (Lipinski definition) is 1. The fraction of sp³-hybridized carbons (Fsp3) is 0.125. The first-order chi connectivity index (χ1) is 6.29. The van der Waals surface area contributed by atoms with Crippen molar-refractivity contribution in [3.63, 3.8) is 0 Å². The van der Waals surface area contributed by atoms with Gasteiger partial charge in [-0.3, -0.25) is 4.79 Å². The van der Waals surface area contributed by atoms with Crippen LogP contribution in [0.3, 0.4) is 0 Å². The summed E-state index contributed by atoms with van der Waals surface area (Å²) in [6, 6.07) is 3.42. The van der Waals surface area contributed by atoms with Gasteiger partial charge in [-0.05, 0) is 6.07 Å². The van der Waals surface area contributed by atoms with Crippen molar-refractivity contribution in [2.45, 2.75) is 0 Å². The molecule has 2 aromatic rings. The molecule has 5 nitrogen and oxygen atoms in total. The minimum atomic E-state index is -0.270. The van der Waals surface area contributed by atoms with Gasteiger partial charge in [-0.15, -0.1) is 0 Å². The highest BCUT2D eigenvalue weighted by Crippen LogP contribution is 2.09. The standard InChI is InChI=1S/C8H7N3O2/c1-13-7-3-2-5-8(11-7)10-6(12)4-9-5/h2-4H,1H3,(H,10,11,12). The smallest absolute Gasteiger partial charge is 0.268 e. The molecular weight excluding hydrogens is 170 g/mol. The van der Waals surface area contributed by atoms with Crippen molar-refractivity contribution in [1.82, 2.24) is 15.0 Å². The number of fused-ring (bicyclic) bond motifs is 1. The van der Waals surface area contributed by atoms with Crippen LogP contribution in [0.2, 0.25) is 0 Å². The largest absolute Gasteiger partial charge is 0.481 e. The van der Waals surface area contributed by atoms with Crippen LogP contribution in [0.5, 0.6) is 5.88 Å². The van der Waals surface area contributed by atoms with Gasteiger partial charge in [-0.2, -0.15) is 4.98 Å². The Balaban J connectivity index is 2.75. The summed E-state index contributed by atoms with van der Waals surface area (Å²) in [6.45, 7) is 0. The van der Waals surface area contributed by atoms with Crippen molar-refractivity contribution in [3.8, 4) is 5.88 Å². The third kappa shape index (κ3) is 1.35. The number of methoxy groups -OCH3 is 1. The average molecular weight is 177 g/mol. The molecule has 13 heavy (non-hydrogen) atoms. The Morgan fingerprint density at radius 2 is 2.31 bits per heavy atom. The summed E-state index contributed by atoms with van der Waals surface area (Å²) in [5.41, 5.74) is 0.806. The molecule has 0 amide bonds. The number of pyridine rings is 1. The van der Waals surface area contributed by atoms with Crippen LogP contribution < -0.4 is 10.3 Å². The lowest BCUT2D eigenvalue weighted by Crippen LogP contribution is -2.06. The van der Waals surface area contributed by atoms with Gasteiger partial charge in [0, 0.05) is 6.07 Å². The highest BCUT2D eigenvalue weighted by molar-refractivity contribution is 5.69. The second kappa shape index (κ2) is 2.85. The molecule has 0 saturated heterocycles. The van der Waals surface area contributed by atoms with Crippen molar-refractivity contribution in [2.75, 3.05) is 7.11 Å². The number of aromatic nitrogens is 3. The third-order valence-corrected chi connectivity index (χ3v) is 1.62. The Hall–Kier alpha value is -1.91. The molecular formula is C8H7N3O2. The van der Waals surface area contributed by atoms with E-state index < -0.39 is 0 Å². The molecule has 0 bridgehead atoms. The summed E-state index contributed by atoms with van der Waals surface area (Å²) >= 11 is 0. The molecule has 0 atom stereocenters. The lowest BCUT2D eigenvalue weighted by molar-refractivity contribution is 0.399. The second-order valence-electron chi connectivity index (χ2n) is 2.47. The van der Waals surface area contributed by atoms with Crippen molar-refractivity contribution in [3.05, 3.63) is 28.7 Å². The number of rotatable bonds is 1. The molecule has 0 unspecified atom stereocenters. The summed E-state index contributed by atoms with van der Waals surface area (Å²) in [5.74, 6) is 0.455. The maximum absolute atomic E-state index is 10.9. The molecule has 66 valence electrons. The van der Waals surface area contributed by atoms with E-state index in [9.17, 15) is 4.79 Å². The number of aromatic amines is 1. The zero-order valence-electron chi connectivity index (χ0n) is 6.94. The van der Waals surface area contributed by atoms with E-state index in [0.717, 1.165) is 0 Å². The van der Waals surface area contributed by atoms with Crippen LogP contribution in [0.4, 0.5) is 0 Å². The van der Waals surface area contributed by atoms with Crippen molar-refractivity contribution in [1.29, 1.82) is 0 Å². The highest BCUT2D eigenvalue weighted by Gasteiger charge is 1.98. The van der Waals surface area contributed by atoms with E-state index in [4.69, 9.17) is 4.74 Å². The minimum absolute atomic E-state index is 0.270. The predicted octanol–water partition coefficient (Wildman–Crippen LogP) is 0.327. The monoisotopic (exact) mass is 177 g/mol. The number of ether oxygens (including phenoxy) is 1. The maximum atomic E-state index is 10.9. The normalized spacial score (nSPS) is 10.2. The first-order valence-corrected chi connectivity index (χ1v) is 3.69. The fourth-order valence-corrected chi connectivity index (χ4v) is 1.02. The third-order valence-electron chi connectivity index (χ3n) is 1.62. The van der Waals surface area contributed by atoms with Gasteiger partial charge in [-0.25, -0.2) is 4.98 Å². The average Bonchev–Trinajstić information content (AvgIpc) is 2.16. The van der Waals surface area contributed by atoms with E-state index in [1.54, 1.807) is 12.1 Å². The fourth-order valence-electron chi connectivity index (χ4n) is 1.02. The van der Waals surface area contributed by atoms with Gasteiger partial charge < -0.3 is 9.72 Å². The topological polar surface area (TPSA) is 67.9 Å². The van der Waals surface area contributed by atoms with Gasteiger partial charge in [0.1, 0.15) is 5.52 Å². The Bertz CT molecular complexity index is 492. The van der Waals surface area contributed by atoms with Crippen molar-refractivity contribution < 1.29 is 4.74 Å². The zero-order valence-corrected chi connectivity index (χ0v) is 6.94. The van der Waals surface area contributed by atoms with Crippen molar-refractivity contribution >= 4 is 11.2 Å². The van der Waals surface area contributed by atoms with Crippen LogP contribution in [0, 0.1) is 0 Å². The molecule has 0 saturated carbocycles. The molecule has 0 aliphatic heterocycles. The minimum Gasteiger partial charge on any atom is -0.481 e. The molecule has 2 rings (SSSR count). The number of hydrogen-bond acceptors (Lipinski definition) is 4.